The molecule has 0 bridgehead atoms. The van der Waals surface area contributed by atoms with Crippen molar-refractivity contribution in [3.63, 3.8) is 0 Å². The quantitative estimate of drug-likeness (QED) is 0.601. The van der Waals surface area contributed by atoms with Crippen LogP contribution < -0.4 is 0 Å². The summed E-state index contributed by atoms with van der Waals surface area (Å²) in [5.41, 5.74) is 0.995. The maximum absolute atomic E-state index is 9.42. The van der Waals surface area contributed by atoms with Crippen molar-refractivity contribution in [3.8, 4) is 11.8 Å². The lowest BCUT2D eigenvalue weighted by molar-refractivity contribution is 0.0526. The molecule has 1 aromatic rings. The summed E-state index contributed by atoms with van der Waals surface area (Å²) < 4.78 is 0. The first kappa shape index (κ1) is 10.5. The van der Waals surface area contributed by atoms with Crippen molar-refractivity contribution in [3.05, 3.63) is 29.3 Å². The topological polar surface area (TPSA) is 84.5 Å². The van der Waals surface area contributed by atoms with E-state index >= 15 is 0 Å². The molecule has 0 saturated heterocycles. The number of aliphatic hydroxyl groups is 2. The van der Waals surface area contributed by atoms with Gasteiger partial charge in [0.15, 0.2) is 6.10 Å². The van der Waals surface area contributed by atoms with Gasteiger partial charge in [0.2, 0.25) is 0 Å². The monoisotopic (exact) mass is 193 g/mol. The van der Waals surface area contributed by atoms with Gasteiger partial charge in [0.25, 0.3) is 0 Å². The second-order valence-electron chi connectivity index (χ2n) is 3.06. The van der Waals surface area contributed by atoms with E-state index in [4.69, 9.17) is 10.4 Å². The molecule has 0 amide bonds. The van der Waals surface area contributed by atoms with Gasteiger partial charge in [-0.25, -0.2) is 0 Å². The Bertz CT molecular complexity index is 370. The molecule has 0 spiro atoms. The first-order valence-corrected chi connectivity index (χ1v) is 4.11. The van der Waals surface area contributed by atoms with Crippen molar-refractivity contribution in [2.75, 3.05) is 0 Å². The van der Waals surface area contributed by atoms with Gasteiger partial charge < -0.3 is 15.3 Å². The van der Waals surface area contributed by atoms with E-state index in [2.05, 4.69) is 0 Å². The molecule has 4 heteroatoms. The van der Waals surface area contributed by atoms with E-state index in [1.165, 1.54) is 12.1 Å². The van der Waals surface area contributed by atoms with Gasteiger partial charge in [0, 0.05) is 0 Å². The van der Waals surface area contributed by atoms with Crippen LogP contribution in [0.4, 0.5) is 0 Å². The second kappa shape index (κ2) is 4.09. The van der Waals surface area contributed by atoms with Gasteiger partial charge in [-0.15, -0.1) is 0 Å². The molecule has 0 saturated carbocycles. The molecular weight excluding hydrogens is 182 g/mol. The predicted molar refractivity (Wildman–Crippen MR) is 49.4 cm³/mol. The van der Waals surface area contributed by atoms with Crippen LogP contribution in [0.5, 0.6) is 5.75 Å². The molecule has 0 radical (unpaired) electrons. The second-order valence-corrected chi connectivity index (χ2v) is 3.06. The lowest BCUT2D eigenvalue weighted by Gasteiger charge is -2.12. The third kappa shape index (κ3) is 2.02. The van der Waals surface area contributed by atoms with Crippen molar-refractivity contribution in [1.29, 1.82) is 5.26 Å². The summed E-state index contributed by atoms with van der Waals surface area (Å²) >= 11 is 0. The molecule has 14 heavy (non-hydrogen) atoms. The highest BCUT2D eigenvalue weighted by atomic mass is 16.3. The Labute approximate surface area is 81.7 Å². The third-order valence-corrected chi connectivity index (χ3v) is 2.01. The summed E-state index contributed by atoms with van der Waals surface area (Å²) in [7, 11) is 0. The molecule has 0 heterocycles. The van der Waals surface area contributed by atoms with Crippen molar-refractivity contribution < 1.29 is 15.3 Å². The summed E-state index contributed by atoms with van der Waals surface area (Å²) in [6, 6.07) is 6.02. The number of benzene rings is 1. The molecule has 74 valence electrons. The smallest absolute Gasteiger partial charge is 0.170 e. The standard InChI is InChI=1S/C10H11NO3/c1-6-2-3-7(4-8(6)12)10(14)9(13)5-11/h2-4,9-10,12-14H,1H3. The van der Waals surface area contributed by atoms with Gasteiger partial charge in [-0.3, -0.25) is 0 Å². The van der Waals surface area contributed by atoms with E-state index in [1.54, 1.807) is 19.1 Å². The number of aliphatic hydroxyl groups excluding tert-OH is 2. The molecular formula is C10H11NO3. The molecule has 0 fully saturated rings. The molecule has 0 aliphatic rings. The van der Waals surface area contributed by atoms with Gasteiger partial charge in [-0.1, -0.05) is 12.1 Å². The van der Waals surface area contributed by atoms with Crippen LogP contribution in [0.1, 0.15) is 17.2 Å². The summed E-state index contributed by atoms with van der Waals surface area (Å²) in [5.74, 6) is 0.0340. The highest BCUT2D eigenvalue weighted by Gasteiger charge is 2.18. The van der Waals surface area contributed by atoms with E-state index in [1.807, 2.05) is 0 Å². The van der Waals surface area contributed by atoms with Crippen molar-refractivity contribution in [2.45, 2.75) is 19.1 Å². The zero-order chi connectivity index (χ0) is 10.7. The van der Waals surface area contributed by atoms with Gasteiger partial charge >= 0.3 is 0 Å². The van der Waals surface area contributed by atoms with Crippen molar-refractivity contribution in [2.24, 2.45) is 0 Å². The SMILES string of the molecule is Cc1ccc(C(O)C(O)C#N)cc1O. The predicted octanol–water partition coefficient (Wildman–Crippen LogP) is 0.618. The number of hydrogen-bond acceptors (Lipinski definition) is 4. The number of aromatic hydroxyl groups is 1. The van der Waals surface area contributed by atoms with Crippen LogP contribution >= 0.6 is 0 Å². The first-order valence-electron chi connectivity index (χ1n) is 4.11. The molecule has 0 aliphatic carbocycles. The number of rotatable bonds is 2. The van der Waals surface area contributed by atoms with Gasteiger partial charge in [-0.2, -0.15) is 5.26 Å². The maximum Gasteiger partial charge on any atom is 0.170 e. The minimum Gasteiger partial charge on any atom is -0.508 e. The fourth-order valence-electron chi connectivity index (χ4n) is 1.06. The molecule has 2 atom stereocenters. The van der Waals surface area contributed by atoms with E-state index in [-0.39, 0.29) is 5.75 Å². The van der Waals surface area contributed by atoms with Gasteiger partial charge in [-0.05, 0) is 24.1 Å². The normalized spacial score (nSPS) is 14.4. The Morgan fingerprint density at radius 2 is 2.00 bits per heavy atom. The van der Waals surface area contributed by atoms with Gasteiger partial charge in [0.05, 0.1) is 6.07 Å². The highest BCUT2D eigenvalue weighted by Crippen LogP contribution is 2.23. The van der Waals surface area contributed by atoms with Crippen molar-refractivity contribution >= 4 is 0 Å². The van der Waals surface area contributed by atoms with Crippen LogP contribution in [0.3, 0.4) is 0 Å². The van der Waals surface area contributed by atoms with E-state index < -0.39 is 12.2 Å². The number of phenolic OH excluding ortho intramolecular Hbond substituents is 1. The molecule has 0 aromatic heterocycles. The maximum atomic E-state index is 9.42. The van der Waals surface area contributed by atoms with E-state index in [0.29, 0.717) is 11.1 Å². The summed E-state index contributed by atoms with van der Waals surface area (Å²) in [6.07, 6.45) is -2.76. The molecule has 2 unspecified atom stereocenters. The summed E-state index contributed by atoms with van der Waals surface area (Å²) in [4.78, 5) is 0. The van der Waals surface area contributed by atoms with E-state index in [0.717, 1.165) is 0 Å². The lowest BCUT2D eigenvalue weighted by Crippen LogP contribution is -2.15. The lowest BCUT2D eigenvalue weighted by atomic mass is 10.0. The Kier molecular flexibility index (Phi) is 3.07. The van der Waals surface area contributed by atoms with Gasteiger partial charge in [0.1, 0.15) is 11.9 Å². The summed E-state index contributed by atoms with van der Waals surface area (Å²) in [6.45, 7) is 1.71. The number of hydrogen-bond donors (Lipinski definition) is 3. The van der Waals surface area contributed by atoms with Crippen LogP contribution in [0.15, 0.2) is 18.2 Å². The molecule has 1 rings (SSSR count). The van der Waals surface area contributed by atoms with Crippen LogP contribution in [0, 0.1) is 18.3 Å². The average Bonchev–Trinajstić information content (AvgIpc) is 2.20. The van der Waals surface area contributed by atoms with Crippen LogP contribution in [0.25, 0.3) is 0 Å². The van der Waals surface area contributed by atoms with Crippen LogP contribution in [-0.2, 0) is 0 Å². The number of nitriles is 1. The molecule has 4 nitrogen and oxygen atoms in total. The van der Waals surface area contributed by atoms with Crippen LogP contribution in [-0.4, -0.2) is 21.4 Å². The minimum atomic E-state index is -1.47. The number of aryl methyl sites for hydroxylation is 1. The number of nitrogens with zero attached hydrogens (tertiary/aromatic N) is 1. The Morgan fingerprint density at radius 1 is 1.36 bits per heavy atom. The molecule has 3 N–H and O–H groups in total. The molecule has 1 aromatic carbocycles. The average molecular weight is 193 g/mol. The van der Waals surface area contributed by atoms with Crippen LogP contribution in [0.2, 0.25) is 0 Å². The zero-order valence-corrected chi connectivity index (χ0v) is 7.68. The Morgan fingerprint density at radius 3 is 2.50 bits per heavy atom. The third-order valence-electron chi connectivity index (χ3n) is 2.01. The van der Waals surface area contributed by atoms with E-state index in [9.17, 15) is 10.2 Å². The molecule has 0 aliphatic heterocycles. The largest absolute Gasteiger partial charge is 0.508 e. The Balaban J connectivity index is 2.98. The number of phenols is 1. The highest BCUT2D eigenvalue weighted by molar-refractivity contribution is 5.36. The first-order chi connectivity index (χ1) is 6.56. The summed E-state index contributed by atoms with van der Waals surface area (Å²) in [5, 5.41) is 36.2. The Hall–Kier alpha value is -1.57. The minimum absolute atomic E-state index is 0.0340. The van der Waals surface area contributed by atoms with Crippen molar-refractivity contribution in [1.82, 2.24) is 0 Å². The fourth-order valence-corrected chi connectivity index (χ4v) is 1.06. The fraction of sp³-hybridized carbons (Fsp3) is 0.300. The zero-order valence-electron chi connectivity index (χ0n) is 7.68.